The van der Waals surface area contributed by atoms with Gasteiger partial charge < -0.3 is 4.42 Å². The molecule has 1 aromatic carbocycles. The van der Waals surface area contributed by atoms with Gasteiger partial charge in [-0.25, -0.2) is 13.2 Å². The highest BCUT2D eigenvalue weighted by atomic mass is 19.2. The molecule has 1 heterocycles. The Bertz CT molecular complexity index is 639. The van der Waals surface area contributed by atoms with Gasteiger partial charge in [0, 0.05) is 0 Å². The summed E-state index contributed by atoms with van der Waals surface area (Å²) in [7, 11) is 0. The number of hydrogen-bond donors (Lipinski definition) is 0. The van der Waals surface area contributed by atoms with Gasteiger partial charge in [-0.2, -0.15) is 9.65 Å². The molecule has 0 aliphatic rings. The molecule has 0 spiro atoms. The summed E-state index contributed by atoms with van der Waals surface area (Å²) in [6, 6.07) is 1.54. The SMILES string of the molecule is Cc1oc2c(F)c(F)c(F)c(F)c2c1C#N. The summed E-state index contributed by atoms with van der Waals surface area (Å²) in [4.78, 5) is 0. The van der Waals surface area contributed by atoms with Gasteiger partial charge in [0.1, 0.15) is 17.4 Å². The Morgan fingerprint density at radius 2 is 1.56 bits per heavy atom. The Hall–Kier alpha value is -2.03. The first-order chi connectivity index (χ1) is 7.49. The van der Waals surface area contributed by atoms with Crippen LogP contribution in [0.15, 0.2) is 4.42 Å². The minimum Gasteiger partial charge on any atom is -0.457 e. The minimum atomic E-state index is -1.96. The lowest BCUT2D eigenvalue weighted by molar-refractivity contribution is 0.409. The average molecular weight is 229 g/mol. The van der Waals surface area contributed by atoms with Crippen LogP contribution in [0.5, 0.6) is 0 Å². The van der Waals surface area contributed by atoms with E-state index in [0.29, 0.717) is 0 Å². The van der Waals surface area contributed by atoms with Crippen LogP contribution in [0.1, 0.15) is 11.3 Å². The lowest BCUT2D eigenvalue weighted by Crippen LogP contribution is -1.96. The number of nitrogens with zero attached hydrogens (tertiary/aromatic N) is 1. The van der Waals surface area contributed by atoms with E-state index in [-0.39, 0.29) is 11.3 Å². The fraction of sp³-hybridized carbons (Fsp3) is 0.100. The van der Waals surface area contributed by atoms with Crippen LogP contribution in [0.4, 0.5) is 17.6 Å². The smallest absolute Gasteiger partial charge is 0.205 e. The summed E-state index contributed by atoms with van der Waals surface area (Å²) in [6.45, 7) is 1.27. The van der Waals surface area contributed by atoms with Crippen molar-refractivity contribution in [3.05, 3.63) is 34.6 Å². The van der Waals surface area contributed by atoms with E-state index in [1.54, 1.807) is 6.07 Å². The maximum absolute atomic E-state index is 13.3. The average Bonchev–Trinajstić information content (AvgIpc) is 2.60. The first-order valence-corrected chi connectivity index (χ1v) is 4.14. The van der Waals surface area contributed by atoms with E-state index in [9.17, 15) is 17.6 Å². The van der Waals surface area contributed by atoms with E-state index in [4.69, 9.17) is 9.68 Å². The van der Waals surface area contributed by atoms with E-state index in [2.05, 4.69) is 0 Å². The Balaban J connectivity index is 3.10. The van der Waals surface area contributed by atoms with Crippen LogP contribution in [-0.4, -0.2) is 0 Å². The molecule has 6 heteroatoms. The lowest BCUT2D eigenvalue weighted by atomic mass is 10.1. The van der Waals surface area contributed by atoms with Gasteiger partial charge in [0.2, 0.25) is 11.6 Å². The molecule has 2 rings (SSSR count). The van der Waals surface area contributed by atoms with Gasteiger partial charge in [-0.05, 0) is 6.92 Å². The van der Waals surface area contributed by atoms with Gasteiger partial charge in [-0.3, -0.25) is 0 Å². The van der Waals surface area contributed by atoms with Crippen molar-refractivity contribution in [3.8, 4) is 6.07 Å². The Kier molecular flexibility index (Phi) is 2.12. The summed E-state index contributed by atoms with van der Waals surface area (Å²) in [6.07, 6.45) is 0. The largest absolute Gasteiger partial charge is 0.457 e. The molecule has 0 fully saturated rings. The zero-order chi connectivity index (χ0) is 12.0. The summed E-state index contributed by atoms with van der Waals surface area (Å²) in [5.74, 6) is -7.27. The van der Waals surface area contributed by atoms with Gasteiger partial charge in [-0.15, -0.1) is 0 Å². The van der Waals surface area contributed by atoms with Gasteiger partial charge in [-0.1, -0.05) is 0 Å². The third-order valence-electron chi connectivity index (χ3n) is 2.19. The maximum atomic E-state index is 13.3. The van der Waals surface area contributed by atoms with Crippen LogP contribution in [-0.2, 0) is 0 Å². The Labute approximate surface area is 86.7 Å². The van der Waals surface area contributed by atoms with Crippen LogP contribution in [0.2, 0.25) is 0 Å². The van der Waals surface area contributed by atoms with Crippen molar-refractivity contribution in [1.82, 2.24) is 0 Å². The molecule has 2 aromatic rings. The quantitative estimate of drug-likeness (QED) is 0.395. The summed E-state index contributed by atoms with van der Waals surface area (Å²) < 4.78 is 56.9. The first kappa shape index (κ1) is 10.5. The molecule has 0 N–H and O–H groups in total. The second kappa shape index (κ2) is 3.23. The predicted octanol–water partition coefficient (Wildman–Crippen LogP) is 3.17. The number of furan rings is 1. The van der Waals surface area contributed by atoms with Crippen LogP contribution >= 0.6 is 0 Å². The minimum absolute atomic E-state index is 0.0969. The van der Waals surface area contributed by atoms with Crippen molar-refractivity contribution >= 4 is 11.0 Å². The number of nitriles is 1. The molecule has 1 aromatic heterocycles. The molecule has 82 valence electrons. The van der Waals surface area contributed by atoms with Crippen molar-refractivity contribution in [2.75, 3.05) is 0 Å². The van der Waals surface area contributed by atoms with E-state index in [1.807, 2.05) is 0 Å². The van der Waals surface area contributed by atoms with Gasteiger partial charge in [0.25, 0.3) is 0 Å². The molecule has 0 atom stereocenters. The third kappa shape index (κ3) is 1.11. The number of rotatable bonds is 0. The van der Waals surface area contributed by atoms with Crippen molar-refractivity contribution in [2.45, 2.75) is 6.92 Å². The number of halogens is 4. The normalized spacial score (nSPS) is 10.8. The van der Waals surface area contributed by atoms with Gasteiger partial charge >= 0.3 is 0 Å². The molecule has 0 radical (unpaired) electrons. The fourth-order valence-corrected chi connectivity index (χ4v) is 1.45. The number of fused-ring (bicyclic) bond motifs is 1. The van der Waals surface area contributed by atoms with Crippen molar-refractivity contribution in [2.24, 2.45) is 0 Å². The first-order valence-electron chi connectivity index (χ1n) is 4.14. The molecule has 0 aliphatic carbocycles. The van der Waals surface area contributed by atoms with E-state index < -0.39 is 34.2 Å². The third-order valence-corrected chi connectivity index (χ3v) is 2.19. The predicted molar refractivity (Wildman–Crippen MR) is 45.5 cm³/mol. The second-order valence-electron chi connectivity index (χ2n) is 3.11. The molecule has 0 amide bonds. The van der Waals surface area contributed by atoms with Gasteiger partial charge in [0.15, 0.2) is 17.2 Å². The van der Waals surface area contributed by atoms with Crippen molar-refractivity contribution < 1.29 is 22.0 Å². The van der Waals surface area contributed by atoms with Crippen LogP contribution in [0.3, 0.4) is 0 Å². The van der Waals surface area contributed by atoms with E-state index >= 15 is 0 Å². The molecule has 0 aliphatic heterocycles. The second-order valence-corrected chi connectivity index (χ2v) is 3.11. The Morgan fingerprint density at radius 1 is 1.00 bits per heavy atom. The number of aryl methyl sites for hydroxylation is 1. The highest BCUT2D eigenvalue weighted by Gasteiger charge is 2.26. The zero-order valence-electron chi connectivity index (χ0n) is 7.87. The number of hydrogen-bond acceptors (Lipinski definition) is 2. The van der Waals surface area contributed by atoms with Crippen LogP contribution in [0.25, 0.3) is 11.0 Å². The molecule has 0 unspecified atom stereocenters. The molecule has 0 bridgehead atoms. The van der Waals surface area contributed by atoms with Gasteiger partial charge in [0.05, 0.1) is 5.39 Å². The summed E-state index contributed by atoms with van der Waals surface area (Å²) in [5, 5.41) is 8.00. The van der Waals surface area contributed by atoms with Crippen LogP contribution < -0.4 is 0 Å². The zero-order valence-corrected chi connectivity index (χ0v) is 7.87. The molecule has 16 heavy (non-hydrogen) atoms. The Morgan fingerprint density at radius 3 is 2.12 bits per heavy atom. The highest BCUT2D eigenvalue weighted by molar-refractivity contribution is 5.86. The van der Waals surface area contributed by atoms with Crippen LogP contribution in [0, 0.1) is 41.5 Å². The number of benzene rings is 1. The summed E-state index contributed by atoms with van der Waals surface area (Å²) in [5.41, 5.74) is -1.13. The lowest BCUT2D eigenvalue weighted by Gasteiger charge is -1.98. The molecular formula is C10H3F4NO. The standard InChI is InChI=1S/C10H3F4NO/c1-3-4(2-15)5-6(11)7(12)8(13)9(14)10(5)16-3/h1H3. The molecule has 0 saturated heterocycles. The fourth-order valence-electron chi connectivity index (χ4n) is 1.45. The molecule has 2 nitrogen and oxygen atoms in total. The highest BCUT2D eigenvalue weighted by Crippen LogP contribution is 2.32. The topological polar surface area (TPSA) is 36.9 Å². The monoisotopic (exact) mass is 229 g/mol. The van der Waals surface area contributed by atoms with E-state index in [1.165, 1.54) is 6.92 Å². The summed E-state index contributed by atoms with van der Waals surface area (Å²) >= 11 is 0. The maximum Gasteiger partial charge on any atom is 0.205 e. The molecular weight excluding hydrogens is 226 g/mol. The van der Waals surface area contributed by atoms with Crippen molar-refractivity contribution in [1.29, 1.82) is 5.26 Å². The van der Waals surface area contributed by atoms with Crippen molar-refractivity contribution in [3.63, 3.8) is 0 Å². The van der Waals surface area contributed by atoms with E-state index in [0.717, 1.165) is 0 Å². The molecule has 0 saturated carbocycles.